The van der Waals surface area contributed by atoms with Gasteiger partial charge >= 0.3 is 6.03 Å². The Balaban J connectivity index is 1.50. The van der Waals surface area contributed by atoms with Crippen molar-refractivity contribution in [1.29, 1.82) is 0 Å². The summed E-state index contributed by atoms with van der Waals surface area (Å²) in [7, 11) is 0. The van der Waals surface area contributed by atoms with Gasteiger partial charge in [0.2, 0.25) is 5.91 Å². The number of anilines is 2. The lowest BCUT2D eigenvalue weighted by Gasteiger charge is -2.34. The first-order valence-corrected chi connectivity index (χ1v) is 10.4. The molecular weight excluding hydrogens is 386 g/mol. The van der Waals surface area contributed by atoms with Crippen LogP contribution in [0.3, 0.4) is 0 Å². The Morgan fingerprint density at radius 1 is 1.03 bits per heavy atom. The average molecular weight is 414 g/mol. The molecule has 1 aliphatic heterocycles. The van der Waals surface area contributed by atoms with Crippen molar-refractivity contribution in [2.75, 3.05) is 23.7 Å². The van der Waals surface area contributed by atoms with Crippen molar-refractivity contribution in [3.05, 3.63) is 58.6 Å². The van der Waals surface area contributed by atoms with Crippen LogP contribution in [0, 0.1) is 25.7 Å². The zero-order valence-electron chi connectivity index (χ0n) is 17.2. The zero-order chi connectivity index (χ0) is 21.0. The van der Waals surface area contributed by atoms with Gasteiger partial charge in [-0.05, 0) is 68.5 Å². The highest BCUT2D eigenvalue weighted by Crippen LogP contribution is 2.27. The summed E-state index contributed by atoms with van der Waals surface area (Å²) in [5.74, 6) is 0.207. The fourth-order valence-corrected chi connectivity index (χ4v) is 3.88. The molecule has 29 heavy (non-hydrogen) atoms. The number of piperidine rings is 1. The quantitative estimate of drug-likeness (QED) is 0.697. The van der Waals surface area contributed by atoms with E-state index in [2.05, 4.69) is 16.7 Å². The van der Waals surface area contributed by atoms with Crippen LogP contribution in [0.2, 0.25) is 5.02 Å². The molecule has 0 bridgehead atoms. The fourth-order valence-electron chi connectivity index (χ4n) is 3.75. The van der Waals surface area contributed by atoms with Crippen molar-refractivity contribution in [3.8, 4) is 0 Å². The highest BCUT2D eigenvalue weighted by atomic mass is 35.5. The second-order valence-corrected chi connectivity index (χ2v) is 8.29. The highest BCUT2D eigenvalue weighted by molar-refractivity contribution is 6.30. The molecule has 1 atom stereocenters. The van der Waals surface area contributed by atoms with E-state index in [1.807, 2.05) is 32.9 Å². The molecule has 0 saturated carbocycles. The van der Waals surface area contributed by atoms with E-state index in [0.717, 1.165) is 29.8 Å². The van der Waals surface area contributed by atoms with Gasteiger partial charge < -0.3 is 15.5 Å². The first-order chi connectivity index (χ1) is 13.8. The van der Waals surface area contributed by atoms with Crippen LogP contribution in [0.15, 0.2) is 42.5 Å². The molecule has 2 N–H and O–H groups in total. The normalized spacial score (nSPS) is 15.7. The van der Waals surface area contributed by atoms with Gasteiger partial charge in [0.25, 0.3) is 0 Å². The number of amides is 3. The van der Waals surface area contributed by atoms with Crippen LogP contribution in [-0.4, -0.2) is 29.9 Å². The lowest BCUT2D eigenvalue weighted by Crippen LogP contribution is -2.43. The number of benzene rings is 2. The van der Waals surface area contributed by atoms with E-state index in [-0.39, 0.29) is 23.8 Å². The molecule has 2 aromatic rings. The van der Waals surface area contributed by atoms with Gasteiger partial charge in [-0.2, -0.15) is 0 Å². The lowest BCUT2D eigenvalue weighted by molar-refractivity contribution is -0.121. The Morgan fingerprint density at radius 3 is 2.31 bits per heavy atom. The smallest absolute Gasteiger partial charge is 0.321 e. The molecule has 3 rings (SSSR count). The Bertz CT molecular complexity index is 874. The van der Waals surface area contributed by atoms with Crippen LogP contribution in [-0.2, 0) is 4.79 Å². The molecular formula is C23H28ClN3O2. The molecule has 0 unspecified atom stereocenters. The van der Waals surface area contributed by atoms with E-state index in [4.69, 9.17) is 11.6 Å². The Kier molecular flexibility index (Phi) is 6.80. The van der Waals surface area contributed by atoms with Gasteiger partial charge in [0, 0.05) is 35.4 Å². The predicted molar refractivity (Wildman–Crippen MR) is 118 cm³/mol. The number of carbonyl (C=O) groups is 2. The van der Waals surface area contributed by atoms with Crippen LogP contribution in [0.25, 0.3) is 0 Å². The molecule has 6 heteroatoms. The minimum absolute atomic E-state index is 0.0426. The first kappa shape index (κ1) is 21.2. The predicted octanol–water partition coefficient (Wildman–Crippen LogP) is 5.48. The molecule has 0 aliphatic carbocycles. The summed E-state index contributed by atoms with van der Waals surface area (Å²) in [6.07, 6.45) is 1.63. The minimum atomic E-state index is -0.113. The SMILES string of the molecule is Cc1ccc(NC(=O)[C@@H](C)C2CCN(C(=O)Nc3ccc(Cl)cc3)CC2)c(C)c1. The number of likely N-dealkylation sites (tertiary alicyclic amines) is 1. The minimum Gasteiger partial charge on any atom is -0.326 e. The van der Waals surface area contributed by atoms with Gasteiger partial charge in [-0.1, -0.05) is 36.2 Å². The maximum atomic E-state index is 12.7. The lowest BCUT2D eigenvalue weighted by atomic mass is 9.85. The van der Waals surface area contributed by atoms with Crippen LogP contribution >= 0.6 is 11.6 Å². The number of carbonyl (C=O) groups excluding carboxylic acids is 2. The van der Waals surface area contributed by atoms with Gasteiger partial charge in [0.05, 0.1) is 0 Å². The summed E-state index contributed by atoms with van der Waals surface area (Å²) in [6.45, 7) is 7.31. The topological polar surface area (TPSA) is 61.4 Å². The Morgan fingerprint density at radius 2 is 1.69 bits per heavy atom. The fraction of sp³-hybridized carbons (Fsp3) is 0.391. The molecule has 1 fully saturated rings. The number of hydrogen-bond donors (Lipinski definition) is 2. The van der Waals surface area contributed by atoms with Crippen molar-refractivity contribution in [3.63, 3.8) is 0 Å². The number of nitrogens with zero attached hydrogens (tertiary/aromatic N) is 1. The third kappa shape index (κ3) is 5.51. The van der Waals surface area contributed by atoms with E-state index in [1.165, 1.54) is 5.56 Å². The van der Waals surface area contributed by atoms with Gasteiger partial charge in [0.1, 0.15) is 0 Å². The van der Waals surface area contributed by atoms with E-state index in [1.54, 1.807) is 29.2 Å². The van der Waals surface area contributed by atoms with Crippen molar-refractivity contribution in [1.82, 2.24) is 4.90 Å². The van der Waals surface area contributed by atoms with Gasteiger partial charge in [-0.15, -0.1) is 0 Å². The van der Waals surface area contributed by atoms with Crippen LogP contribution in [0.1, 0.15) is 30.9 Å². The Labute approximate surface area is 177 Å². The summed E-state index contributed by atoms with van der Waals surface area (Å²) < 4.78 is 0. The molecule has 2 aromatic carbocycles. The van der Waals surface area contributed by atoms with E-state index in [0.29, 0.717) is 18.1 Å². The van der Waals surface area contributed by atoms with Gasteiger partial charge in [-0.3, -0.25) is 4.79 Å². The molecule has 3 amide bonds. The van der Waals surface area contributed by atoms with Gasteiger partial charge in [0.15, 0.2) is 0 Å². The van der Waals surface area contributed by atoms with Crippen molar-refractivity contribution in [2.24, 2.45) is 11.8 Å². The summed E-state index contributed by atoms with van der Waals surface area (Å²) in [5.41, 5.74) is 3.84. The average Bonchev–Trinajstić information content (AvgIpc) is 2.71. The number of urea groups is 1. The van der Waals surface area contributed by atoms with Crippen LogP contribution in [0.5, 0.6) is 0 Å². The third-order valence-corrected chi connectivity index (χ3v) is 5.93. The van der Waals surface area contributed by atoms with Gasteiger partial charge in [-0.25, -0.2) is 4.79 Å². The number of nitrogens with one attached hydrogen (secondary N) is 2. The molecule has 5 nitrogen and oxygen atoms in total. The molecule has 154 valence electrons. The number of halogens is 1. The molecule has 0 radical (unpaired) electrons. The van der Waals surface area contributed by atoms with E-state index in [9.17, 15) is 9.59 Å². The number of aryl methyl sites for hydroxylation is 2. The van der Waals surface area contributed by atoms with E-state index >= 15 is 0 Å². The maximum Gasteiger partial charge on any atom is 0.321 e. The maximum absolute atomic E-state index is 12.7. The standard InChI is InChI=1S/C23H28ClN3O2/c1-15-4-9-21(16(2)14-15)26-22(28)17(3)18-10-12-27(13-11-18)23(29)25-20-7-5-19(24)6-8-20/h4-9,14,17-18H,10-13H2,1-3H3,(H,25,29)(H,26,28)/t17-/m0/s1. The van der Waals surface area contributed by atoms with Crippen LogP contribution in [0.4, 0.5) is 16.2 Å². The van der Waals surface area contributed by atoms with E-state index < -0.39 is 0 Å². The molecule has 1 aliphatic rings. The number of rotatable bonds is 4. The summed E-state index contributed by atoms with van der Waals surface area (Å²) in [5, 5.41) is 6.60. The van der Waals surface area contributed by atoms with Crippen molar-refractivity contribution in [2.45, 2.75) is 33.6 Å². The second kappa shape index (κ2) is 9.31. The second-order valence-electron chi connectivity index (χ2n) is 7.86. The third-order valence-electron chi connectivity index (χ3n) is 5.68. The van der Waals surface area contributed by atoms with Crippen molar-refractivity contribution >= 4 is 34.9 Å². The van der Waals surface area contributed by atoms with Crippen molar-refractivity contribution < 1.29 is 9.59 Å². The summed E-state index contributed by atoms with van der Waals surface area (Å²) in [6, 6.07) is 13.0. The first-order valence-electron chi connectivity index (χ1n) is 10.0. The monoisotopic (exact) mass is 413 g/mol. The Hall–Kier alpha value is -2.53. The molecule has 0 aromatic heterocycles. The zero-order valence-corrected chi connectivity index (χ0v) is 17.9. The van der Waals surface area contributed by atoms with Crippen LogP contribution < -0.4 is 10.6 Å². The molecule has 1 saturated heterocycles. The highest BCUT2D eigenvalue weighted by Gasteiger charge is 2.30. The molecule has 0 spiro atoms. The summed E-state index contributed by atoms with van der Waals surface area (Å²) in [4.78, 5) is 27.0. The number of hydrogen-bond acceptors (Lipinski definition) is 2. The largest absolute Gasteiger partial charge is 0.326 e. The summed E-state index contributed by atoms with van der Waals surface area (Å²) >= 11 is 5.88. The molecule has 1 heterocycles.